The predicted molar refractivity (Wildman–Crippen MR) is 55.5 cm³/mol. The zero-order valence-corrected chi connectivity index (χ0v) is 9.80. The second-order valence-corrected chi connectivity index (χ2v) is 4.48. The third kappa shape index (κ3) is 2.31. The first-order valence-corrected chi connectivity index (χ1v) is 5.20. The summed E-state index contributed by atoms with van der Waals surface area (Å²) in [5, 5.41) is 14.1. The van der Waals surface area contributed by atoms with Crippen LogP contribution < -0.4 is 0 Å². The lowest BCUT2D eigenvalue weighted by Crippen LogP contribution is -2.22. The molecule has 0 aromatic carbocycles. The van der Waals surface area contributed by atoms with Crippen molar-refractivity contribution in [1.29, 1.82) is 0 Å². The van der Waals surface area contributed by atoms with Crippen LogP contribution in [0.5, 0.6) is 0 Å². The Morgan fingerprint density at radius 2 is 2.23 bits per heavy atom. The molecule has 0 saturated carbocycles. The second kappa shape index (κ2) is 3.80. The van der Waals surface area contributed by atoms with Crippen LogP contribution in [0.15, 0.2) is 10.7 Å². The summed E-state index contributed by atoms with van der Waals surface area (Å²) in [5.74, 6) is 0. The smallest absolute Gasteiger partial charge is 0.102 e. The van der Waals surface area contributed by atoms with Crippen molar-refractivity contribution in [1.82, 2.24) is 9.78 Å². The maximum absolute atomic E-state index is 9.88. The topological polar surface area (TPSA) is 38.0 Å². The summed E-state index contributed by atoms with van der Waals surface area (Å²) < 4.78 is 2.71. The first kappa shape index (κ1) is 10.7. The zero-order valence-electron chi connectivity index (χ0n) is 8.21. The largest absolute Gasteiger partial charge is 0.384 e. The van der Waals surface area contributed by atoms with E-state index in [2.05, 4.69) is 28.0 Å². The van der Waals surface area contributed by atoms with E-state index >= 15 is 0 Å². The van der Waals surface area contributed by atoms with Gasteiger partial charge in [-0.05, 0) is 36.2 Å². The molecular weight excluding hydrogens is 232 g/mol. The molecule has 0 amide bonds. The third-order valence-electron chi connectivity index (χ3n) is 1.81. The molecule has 1 heterocycles. The van der Waals surface area contributed by atoms with Crippen LogP contribution in [0.4, 0.5) is 0 Å². The molecule has 0 saturated heterocycles. The van der Waals surface area contributed by atoms with Gasteiger partial charge in [0.05, 0.1) is 16.4 Å². The van der Waals surface area contributed by atoms with Crippen LogP contribution >= 0.6 is 15.9 Å². The molecule has 1 aromatic rings. The molecule has 13 heavy (non-hydrogen) atoms. The molecule has 1 N–H and O–H groups in total. The van der Waals surface area contributed by atoms with Gasteiger partial charge in [0.25, 0.3) is 0 Å². The van der Waals surface area contributed by atoms with E-state index in [1.807, 2.05) is 4.68 Å². The summed E-state index contributed by atoms with van der Waals surface area (Å²) in [6, 6.07) is 0. The Morgan fingerprint density at radius 3 is 2.69 bits per heavy atom. The van der Waals surface area contributed by atoms with Gasteiger partial charge < -0.3 is 5.11 Å². The van der Waals surface area contributed by atoms with Gasteiger partial charge in [0.1, 0.15) is 5.60 Å². The Balaban J connectivity index is 3.09. The van der Waals surface area contributed by atoms with Gasteiger partial charge in [-0.3, -0.25) is 4.68 Å². The van der Waals surface area contributed by atoms with Crippen LogP contribution in [0.3, 0.4) is 0 Å². The van der Waals surface area contributed by atoms with Crippen LogP contribution in [0.1, 0.15) is 32.9 Å². The van der Waals surface area contributed by atoms with Gasteiger partial charge in [0.2, 0.25) is 0 Å². The van der Waals surface area contributed by atoms with E-state index in [1.165, 1.54) is 0 Å². The molecule has 1 aromatic heterocycles. The fraction of sp³-hybridized carbons (Fsp3) is 0.667. The molecule has 0 bridgehead atoms. The lowest BCUT2D eigenvalue weighted by atomic mass is 10.1. The van der Waals surface area contributed by atoms with Crippen LogP contribution in [0.2, 0.25) is 0 Å². The highest BCUT2D eigenvalue weighted by molar-refractivity contribution is 9.10. The van der Waals surface area contributed by atoms with Gasteiger partial charge in [-0.2, -0.15) is 5.10 Å². The minimum atomic E-state index is -0.843. The molecule has 1 rings (SSSR count). The maximum Gasteiger partial charge on any atom is 0.102 e. The van der Waals surface area contributed by atoms with E-state index in [0.717, 1.165) is 23.1 Å². The second-order valence-electron chi connectivity index (χ2n) is 3.62. The van der Waals surface area contributed by atoms with E-state index in [1.54, 1.807) is 20.0 Å². The van der Waals surface area contributed by atoms with Crippen LogP contribution in [0.25, 0.3) is 0 Å². The molecule has 0 atom stereocenters. The van der Waals surface area contributed by atoms with E-state index in [-0.39, 0.29) is 0 Å². The highest BCUT2D eigenvalue weighted by Gasteiger charge is 2.24. The van der Waals surface area contributed by atoms with Gasteiger partial charge in [-0.25, -0.2) is 0 Å². The van der Waals surface area contributed by atoms with Crippen LogP contribution in [-0.4, -0.2) is 14.9 Å². The van der Waals surface area contributed by atoms with Crippen molar-refractivity contribution in [2.24, 2.45) is 0 Å². The first-order valence-electron chi connectivity index (χ1n) is 4.41. The highest BCUT2D eigenvalue weighted by atomic mass is 79.9. The Morgan fingerprint density at radius 1 is 1.62 bits per heavy atom. The SMILES string of the molecule is CCCn1ncc(Br)c1C(C)(C)O. The lowest BCUT2D eigenvalue weighted by molar-refractivity contribution is 0.0674. The third-order valence-corrected chi connectivity index (χ3v) is 2.39. The average Bonchev–Trinajstić information content (AvgIpc) is 2.31. The van der Waals surface area contributed by atoms with Gasteiger partial charge >= 0.3 is 0 Å². The highest BCUT2D eigenvalue weighted by Crippen LogP contribution is 2.27. The van der Waals surface area contributed by atoms with Crippen molar-refractivity contribution < 1.29 is 5.11 Å². The van der Waals surface area contributed by atoms with Gasteiger partial charge in [-0.1, -0.05) is 6.92 Å². The van der Waals surface area contributed by atoms with E-state index in [0.29, 0.717) is 0 Å². The fourth-order valence-electron chi connectivity index (χ4n) is 1.35. The number of aliphatic hydroxyl groups is 1. The van der Waals surface area contributed by atoms with Gasteiger partial charge in [0.15, 0.2) is 0 Å². The summed E-state index contributed by atoms with van der Waals surface area (Å²) in [6.45, 7) is 6.45. The molecule has 0 radical (unpaired) electrons. The number of aromatic nitrogens is 2. The maximum atomic E-state index is 9.88. The van der Waals surface area contributed by atoms with Crippen LogP contribution in [0, 0.1) is 0 Å². The molecule has 0 fully saturated rings. The summed E-state index contributed by atoms with van der Waals surface area (Å²) in [6.07, 6.45) is 2.74. The van der Waals surface area contributed by atoms with Gasteiger partial charge in [-0.15, -0.1) is 0 Å². The number of hydrogen-bond acceptors (Lipinski definition) is 2. The number of halogens is 1. The number of nitrogens with zero attached hydrogens (tertiary/aromatic N) is 2. The Bertz CT molecular complexity index is 288. The molecular formula is C9H15BrN2O. The van der Waals surface area contributed by atoms with Crippen molar-refractivity contribution >= 4 is 15.9 Å². The minimum absolute atomic E-state index is 0.838. The molecule has 0 aliphatic rings. The number of hydrogen-bond donors (Lipinski definition) is 1. The molecule has 3 nitrogen and oxygen atoms in total. The predicted octanol–water partition coefficient (Wildman–Crippen LogP) is 2.28. The van der Waals surface area contributed by atoms with Crippen molar-refractivity contribution in [2.45, 2.75) is 39.3 Å². The zero-order chi connectivity index (χ0) is 10.1. The standard InChI is InChI=1S/C9H15BrN2O/c1-4-5-12-8(9(2,3)13)7(10)6-11-12/h6,13H,4-5H2,1-3H3. The normalized spacial score (nSPS) is 12.1. The summed E-state index contributed by atoms with van der Waals surface area (Å²) >= 11 is 3.38. The molecule has 4 heteroatoms. The Labute approximate surface area is 86.9 Å². The van der Waals surface area contributed by atoms with Crippen LogP contribution in [-0.2, 0) is 12.1 Å². The van der Waals surface area contributed by atoms with Crippen molar-refractivity contribution in [3.05, 3.63) is 16.4 Å². The fourth-order valence-corrected chi connectivity index (χ4v) is 2.13. The summed E-state index contributed by atoms with van der Waals surface area (Å²) in [7, 11) is 0. The van der Waals surface area contributed by atoms with Crippen molar-refractivity contribution in [3.8, 4) is 0 Å². The Kier molecular flexibility index (Phi) is 3.14. The van der Waals surface area contributed by atoms with E-state index in [4.69, 9.17) is 0 Å². The summed E-state index contributed by atoms with van der Waals surface area (Å²) in [4.78, 5) is 0. The van der Waals surface area contributed by atoms with E-state index in [9.17, 15) is 5.11 Å². The van der Waals surface area contributed by atoms with Gasteiger partial charge in [0, 0.05) is 6.54 Å². The molecule has 0 unspecified atom stereocenters. The molecule has 0 aliphatic heterocycles. The average molecular weight is 247 g/mol. The number of rotatable bonds is 3. The molecule has 0 spiro atoms. The molecule has 0 aliphatic carbocycles. The van der Waals surface area contributed by atoms with E-state index < -0.39 is 5.60 Å². The number of aryl methyl sites for hydroxylation is 1. The molecule has 74 valence electrons. The van der Waals surface area contributed by atoms with Crippen molar-refractivity contribution in [2.75, 3.05) is 0 Å². The minimum Gasteiger partial charge on any atom is -0.384 e. The quantitative estimate of drug-likeness (QED) is 0.889. The van der Waals surface area contributed by atoms with Crippen molar-refractivity contribution in [3.63, 3.8) is 0 Å². The first-order chi connectivity index (χ1) is 5.96. The lowest BCUT2D eigenvalue weighted by Gasteiger charge is -2.19. The summed E-state index contributed by atoms with van der Waals surface area (Å²) in [5.41, 5.74) is -0.000764. The Hall–Kier alpha value is -0.350. The monoisotopic (exact) mass is 246 g/mol.